The van der Waals surface area contributed by atoms with E-state index in [2.05, 4.69) is 49.4 Å². The summed E-state index contributed by atoms with van der Waals surface area (Å²) in [7, 11) is 0. The van der Waals surface area contributed by atoms with Gasteiger partial charge >= 0.3 is 0 Å². The second kappa shape index (κ2) is 5.77. The Labute approximate surface area is 117 Å². The van der Waals surface area contributed by atoms with E-state index in [0.717, 1.165) is 12.3 Å². The molecule has 0 aromatic heterocycles. The molecule has 99 valence electrons. The van der Waals surface area contributed by atoms with Crippen LogP contribution >= 0.6 is 0 Å². The van der Waals surface area contributed by atoms with E-state index < -0.39 is 0 Å². The zero-order valence-electron chi connectivity index (χ0n) is 11.9. The average molecular weight is 251 g/mol. The number of rotatable bonds is 2. The molecule has 0 aliphatic heterocycles. The van der Waals surface area contributed by atoms with Gasteiger partial charge in [0.05, 0.1) is 0 Å². The van der Waals surface area contributed by atoms with Crippen molar-refractivity contribution >= 4 is 5.57 Å². The van der Waals surface area contributed by atoms with Gasteiger partial charge < -0.3 is 0 Å². The molecular formula is C19H23. The van der Waals surface area contributed by atoms with Gasteiger partial charge in [-0.05, 0) is 54.7 Å². The summed E-state index contributed by atoms with van der Waals surface area (Å²) < 4.78 is 0. The summed E-state index contributed by atoms with van der Waals surface area (Å²) in [6, 6.07) is 8.94. The fraction of sp³-hybridized carbons (Fsp3) is 0.421. The monoisotopic (exact) mass is 251 g/mol. The molecule has 3 rings (SSSR count). The molecular weight excluding hydrogens is 228 g/mol. The predicted octanol–water partition coefficient (Wildman–Crippen LogP) is 5.36. The molecule has 2 aliphatic carbocycles. The van der Waals surface area contributed by atoms with Crippen molar-refractivity contribution in [1.29, 1.82) is 0 Å². The molecule has 0 spiro atoms. The number of hydrogen-bond donors (Lipinski definition) is 0. The lowest BCUT2D eigenvalue weighted by molar-refractivity contribution is 0.553. The van der Waals surface area contributed by atoms with Crippen molar-refractivity contribution in [2.24, 2.45) is 5.92 Å². The molecule has 0 heterocycles. The van der Waals surface area contributed by atoms with Gasteiger partial charge in [-0.1, -0.05) is 55.8 Å². The number of allylic oxidation sites excluding steroid dienone is 4. The molecule has 1 aromatic carbocycles. The zero-order chi connectivity index (χ0) is 13.1. The van der Waals surface area contributed by atoms with Gasteiger partial charge in [-0.25, -0.2) is 0 Å². The van der Waals surface area contributed by atoms with Crippen LogP contribution in [-0.2, 0) is 6.42 Å². The van der Waals surface area contributed by atoms with Gasteiger partial charge in [0.15, 0.2) is 0 Å². The second-order valence-electron chi connectivity index (χ2n) is 5.71. The van der Waals surface area contributed by atoms with Crippen molar-refractivity contribution in [3.05, 3.63) is 59.5 Å². The van der Waals surface area contributed by atoms with Gasteiger partial charge in [0, 0.05) is 5.92 Å². The lowest BCUT2D eigenvalue weighted by atomic mass is 9.79. The third-order valence-electron chi connectivity index (χ3n) is 4.61. The van der Waals surface area contributed by atoms with Crippen LogP contribution in [0.25, 0.3) is 5.57 Å². The van der Waals surface area contributed by atoms with E-state index in [0.29, 0.717) is 0 Å². The smallest absolute Gasteiger partial charge is 0.00870 e. The summed E-state index contributed by atoms with van der Waals surface area (Å²) in [5.74, 6) is 2.56. The molecule has 1 saturated carbocycles. The summed E-state index contributed by atoms with van der Waals surface area (Å²) in [5.41, 5.74) is 4.48. The van der Waals surface area contributed by atoms with Crippen molar-refractivity contribution in [1.82, 2.24) is 0 Å². The van der Waals surface area contributed by atoms with Gasteiger partial charge in [0.1, 0.15) is 0 Å². The third-order valence-corrected chi connectivity index (χ3v) is 4.61. The topological polar surface area (TPSA) is 0 Å². The van der Waals surface area contributed by atoms with E-state index in [-0.39, 0.29) is 0 Å². The van der Waals surface area contributed by atoms with Crippen LogP contribution in [0.5, 0.6) is 0 Å². The summed E-state index contributed by atoms with van der Waals surface area (Å²) in [5, 5.41) is 0. The first-order valence-corrected chi connectivity index (χ1v) is 7.71. The Hall–Kier alpha value is -1.30. The lowest BCUT2D eigenvalue weighted by Crippen LogP contribution is -2.10. The molecule has 1 radical (unpaired) electrons. The Kier molecular flexibility index (Phi) is 3.87. The van der Waals surface area contributed by atoms with Gasteiger partial charge in [-0.15, -0.1) is 0 Å². The molecule has 0 heteroatoms. The fourth-order valence-electron chi connectivity index (χ4n) is 3.61. The lowest BCUT2D eigenvalue weighted by Gasteiger charge is -2.24. The van der Waals surface area contributed by atoms with Crippen LogP contribution in [-0.4, -0.2) is 0 Å². The van der Waals surface area contributed by atoms with Crippen molar-refractivity contribution in [3.63, 3.8) is 0 Å². The first-order chi connectivity index (χ1) is 9.40. The van der Waals surface area contributed by atoms with Crippen LogP contribution in [0.1, 0.15) is 50.2 Å². The van der Waals surface area contributed by atoms with E-state index >= 15 is 0 Å². The first kappa shape index (κ1) is 12.7. The SMILES string of the molecule is CCc1ccccc1/C1=C/C=C\CCC2CCC[C]12. The fourth-order valence-corrected chi connectivity index (χ4v) is 3.61. The minimum absolute atomic E-state index is 0.834. The molecule has 0 N–H and O–H groups in total. The Morgan fingerprint density at radius 2 is 2.05 bits per heavy atom. The molecule has 19 heavy (non-hydrogen) atoms. The second-order valence-corrected chi connectivity index (χ2v) is 5.71. The normalized spacial score (nSPS) is 28.1. The highest BCUT2D eigenvalue weighted by Gasteiger charge is 2.31. The minimum atomic E-state index is 0.834. The number of aryl methyl sites for hydroxylation is 1. The Bertz CT molecular complexity index is 493. The van der Waals surface area contributed by atoms with E-state index in [4.69, 9.17) is 0 Å². The van der Waals surface area contributed by atoms with Crippen molar-refractivity contribution in [3.8, 4) is 0 Å². The molecule has 2 aliphatic rings. The standard InChI is InChI=1S/C19H23/c1-2-15-9-6-7-12-17(15)19-13-5-3-4-10-16-11-8-14-18(16)19/h3,5-7,9,12-13,16H,2,4,8,10-11,14H2,1H3/b5-3-,19-13-. The van der Waals surface area contributed by atoms with E-state index in [1.54, 1.807) is 5.92 Å². The largest absolute Gasteiger partial charge is 0.0845 e. The highest BCUT2D eigenvalue weighted by Crippen LogP contribution is 2.46. The highest BCUT2D eigenvalue weighted by atomic mass is 14.4. The summed E-state index contributed by atoms with van der Waals surface area (Å²) >= 11 is 0. The first-order valence-electron chi connectivity index (χ1n) is 7.71. The van der Waals surface area contributed by atoms with E-state index in [1.807, 2.05) is 0 Å². The maximum absolute atomic E-state index is 2.36. The van der Waals surface area contributed by atoms with Crippen LogP contribution in [0.4, 0.5) is 0 Å². The summed E-state index contributed by atoms with van der Waals surface area (Å²) in [6.07, 6.45) is 14.8. The molecule has 0 bridgehead atoms. The van der Waals surface area contributed by atoms with Crippen LogP contribution in [0.3, 0.4) is 0 Å². The van der Waals surface area contributed by atoms with Crippen LogP contribution in [0, 0.1) is 11.8 Å². The van der Waals surface area contributed by atoms with Crippen molar-refractivity contribution in [2.75, 3.05) is 0 Å². The summed E-state index contributed by atoms with van der Waals surface area (Å²) in [4.78, 5) is 0. The molecule has 0 nitrogen and oxygen atoms in total. The predicted molar refractivity (Wildman–Crippen MR) is 82.8 cm³/mol. The number of benzene rings is 1. The van der Waals surface area contributed by atoms with E-state index in [1.165, 1.54) is 48.8 Å². The highest BCUT2D eigenvalue weighted by molar-refractivity contribution is 5.80. The van der Waals surface area contributed by atoms with Gasteiger partial charge in [0.25, 0.3) is 0 Å². The van der Waals surface area contributed by atoms with Crippen molar-refractivity contribution < 1.29 is 0 Å². The summed E-state index contributed by atoms with van der Waals surface area (Å²) in [6.45, 7) is 2.26. The molecule has 1 atom stereocenters. The Balaban J connectivity index is 2.03. The Morgan fingerprint density at radius 1 is 1.16 bits per heavy atom. The van der Waals surface area contributed by atoms with Crippen LogP contribution < -0.4 is 0 Å². The average Bonchev–Trinajstić information content (AvgIpc) is 2.87. The van der Waals surface area contributed by atoms with Gasteiger partial charge in [-0.2, -0.15) is 0 Å². The number of hydrogen-bond acceptors (Lipinski definition) is 0. The molecule has 1 unspecified atom stereocenters. The van der Waals surface area contributed by atoms with Crippen LogP contribution in [0.15, 0.2) is 42.5 Å². The van der Waals surface area contributed by atoms with Crippen molar-refractivity contribution in [2.45, 2.75) is 45.4 Å². The van der Waals surface area contributed by atoms with E-state index in [9.17, 15) is 0 Å². The maximum atomic E-state index is 2.36. The molecule has 0 amide bonds. The number of fused-ring (bicyclic) bond motifs is 1. The van der Waals surface area contributed by atoms with Gasteiger partial charge in [0.2, 0.25) is 0 Å². The minimum Gasteiger partial charge on any atom is -0.0845 e. The zero-order valence-corrected chi connectivity index (χ0v) is 11.9. The molecule has 0 saturated heterocycles. The third kappa shape index (κ3) is 2.54. The maximum Gasteiger partial charge on any atom is 0.00870 e. The molecule has 1 aromatic rings. The quantitative estimate of drug-likeness (QED) is 0.664. The Morgan fingerprint density at radius 3 is 2.95 bits per heavy atom. The van der Waals surface area contributed by atoms with Crippen LogP contribution in [0.2, 0.25) is 0 Å². The molecule has 1 fully saturated rings. The van der Waals surface area contributed by atoms with Gasteiger partial charge in [-0.3, -0.25) is 0 Å².